The van der Waals surface area contributed by atoms with Gasteiger partial charge in [-0.15, -0.1) is 0 Å². The lowest BCUT2D eigenvalue weighted by atomic mass is 10.1. The second kappa shape index (κ2) is 6.01. The van der Waals surface area contributed by atoms with Gasteiger partial charge in [0.1, 0.15) is 0 Å². The Hall–Kier alpha value is -2.00. The lowest BCUT2D eigenvalue weighted by Gasteiger charge is -2.25. The van der Waals surface area contributed by atoms with E-state index >= 15 is 0 Å². The van der Waals surface area contributed by atoms with Gasteiger partial charge in [0.2, 0.25) is 0 Å². The first-order valence-electron chi connectivity index (χ1n) is 8.16. The number of benzene rings is 1. The minimum absolute atomic E-state index is 0.732. The number of nitrogens with zero attached hydrogens (tertiary/aromatic N) is 3. The van der Waals surface area contributed by atoms with Crippen LogP contribution in [0.25, 0.3) is 5.57 Å². The molecule has 22 heavy (non-hydrogen) atoms. The van der Waals surface area contributed by atoms with Gasteiger partial charge in [-0.25, -0.2) is 9.97 Å². The summed E-state index contributed by atoms with van der Waals surface area (Å²) in [5.74, 6) is 1.65. The van der Waals surface area contributed by atoms with Crippen LogP contribution < -0.4 is 0 Å². The molecule has 0 atom stereocenters. The van der Waals surface area contributed by atoms with E-state index in [1.165, 1.54) is 29.5 Å². The molecule has 2 heterocycles. The van der Waals surface area contributed by atoms with Gasteiger partial charge in [0.15, 0.2) is 5.82 Å². The molecule has 3 nitrogen and oxygen atoms in total. The minimum atomic E-state index is 0.732. The van der Waals surface area contributed by atoms with Crippen LogP contribution in [0.4, 0.5) is 0 Å². The van der Waals surface area contributed by atoms with Crippen molar-refractivity contribution in [2.24, 2.45) is 0 Å². The maximum Gasteiger partial charge on any atom is 0.154 e. The number of hydrogen-bond donors (Lipinski definition) is 0. The summed E-state index contributed by atoms with van der Waals surface area (Å²) < 4.78 is 0. The fourth-order valence-electron chi connectivity index (χ4n) is 3.03. The molecular weight excluding hydrogens is 270 g/mol. The molecule has 2 aromatic rings. The van der Waals surface area contributed by atoms with E-state index in [0.29, 0.717) is 0 Å². The molecule has 0 unspecified atom stereocenters. The summed E-state index contributed by atoms with van der Waals surface area (Å²) in [5, 5.41) is 0. The SMILES string of the molecule is C1=C(c2ncc(C3CC3)cn2)CCN(Cc2ccccc2)C1. The van der Waals surface area contributed by atoms with E-state index in [4.69, 9.17) is 0 Å². The Morgan fingerprint density at radius 2 is 1.82 bits per heavy atom. The second-order valence-electron chi connectivity index (χ2n) is 6.31. The monoisotopic (exact) mass is 291 g/mol. The van der Waals surface area contributed by atoms with Gasteiger partial charge in [-0.3, -0.25) is 4.90 Å². The van der Waals surface area contributed by atoms with Crippen LogP contribution in [0.15, 0.2) is 48.8 Å². The second-order valence-corrected chi connectivity index (χ2v) is 6.31. The summed E-state index contributed by atoms with van der Waals surface area (Å²) in [6, 6.07) is 10.7. The van der Waals surface area contributed by atoms with E-state index in [1.807, 2.05) is 12.4 Å². The Bertz CT molecular complexity index is 657. The molecule has 112 valence electrons. The smallest absolute Gasteiger partial charge is 0.154 e. The van der Waals surface area contributed by atoms with Crippen molar-refractivity contribution in [2.45, 2.75) is 31.7 Å². The molecule has 0 saturated heterocycles. The summed E-state index contributed by atoms with van der Waals surface area (Å²) in [6.07, 6.45) is 9.99. The van der Waals surface area contributed by atoms with Crippen molar-refractivity contribution in [3.05, 3.63) is 65.8 Å². The van der Waals surface area contributed by atoms with Gasteiger partial charge >= 0.3 is 0 Å². The highest BCUT2D eigenvalue weighted by Crippen LogP contribution is 2.39. The standard InChI is InChI=1S/C19H21N3/c1-2-4-15(5-3-1)14-22-10-8-17(9-11-22)19-20-12-18(13-21-19)16-6-7-16/h1-5,8,12-13,16H,6-7,9-11,14H2. The predicted octanol–water partition coefficient (Wildman–Crippen LogP) is 3.64. The third-order valence-corrected chi connectivity index (χ3v) is 4.55. The van der Waals surface area contributed by atoms with Gasteiger partial charge in [0, 0.05) is 32.0 Å². The molecule has 1 saturated carbocycles. The molecule has 0 spiro atoms. The van der Waals surface area contributed by atoms with Crippen molar-refractivity contribution < 1.29 is 0 Å². The maximum atomic E-state index is 4.57. The molecule has 1 aromatic heterocycles. The average Bonchev–Trinajstić information content (AvgIpc) is 3.42. The Labute approximate surface area is 131 Å². The van der Waals surface area contributed by atoms with Crippen LogP contribution in [0.2, 0.25) is 0 Å². The highest BCUT2D eigenvalue weighted by atomic mass is 15.1. The normalized spacial score (nSPS) is 19.0. The number of rotatable bonds is 4. The van der Waals surface area contributed by atoms with Crippen LogP contribution in [0.3, 0.4) is 0 Å². The largest absolute Gasteiger partial charge is 0.295 e. The van der Waals surface area contributed by atoms with Gasteiger partial charge < -0.3 is 0 Å². The minimum Gasteiger partial charge on any atom is -0.295 e. The molecule has 1 aliphatic heterocycles. The fourth-order valence-corrected chi connectivity index (χ4v) is 3.03. The number of aromatic nitrogens is 2. The lowest BCUT2D eigenvalue weighted by molar-refractivity contribution is 0.293. The van der Waals surface area contributed by atoms with Gasteiger partial charge in [-0.2, -0.15) is 0 Å². The third kappa shape index (κ3) is 3.09. The quantitative estimate of drug-likeness (QED) is 0.861. The van der Waals surface area contributed by atoms with Gasteiger partial charge in [0.25, 0.3) is 0 Å². The molecule has 2 aliphatic rings. The third-order valence-electron chi connectivity index (χ3n) is 4.55. The van der Waals surface area contributed by atoms with Crippen LogP contribution in [0, 0.1) is 0 Å². The number of hydrogen-bond acceptors (Lipinski definition) is 3. The van der Waals surface area contributed by atoms with E-state index in [-0.39, 0.29) is 0 Å². The zero-order chi connectivity index (χ0) is 14.8. The van der Waals surface area contributed by atoms with E-state index in [9.17, 15) is 0 Å². The highest BCUT2D eigenvalue weighted by Gasteiger charge is 2.24. The van der Waals surface area contributed by atoms with Crippen molar-refractivity contribution in [1.29, 1.82) is 0 Å². The zero-order valence-corrected chi connectivity index (χ0v) is 12.8. The molecule has 1 fully saturated rings. The summed E-state index contributed by atoms with van der Waals surface area (Å²) in [5.41, 5.74) is 3.99. The Morgan fingerprint density at radius 3 is 2.45 bits per heavy atom. The van der Waals surface area contributed by atoms with Crippen molar-refractivity contribution in [3.63, 3.8) is 0 Å². The molecule has 4 rings (SSSR count). The molecule has 0 N–H and O–H groups in total. The molecule has 0 radical (unpaired) electrons. The summed E-state index contributed by atoms with van der Waals surface area (Å²) in [6.45, 7) is 3.08. The molecular formula is C19H21N3. The average molecular weight is 291 g/mol. The lowest BCUT2D eigenvalue weighted by Crippen LogP contribution is -2.28. The molecule has 0 bridgehead atoms. The molecule has 0 amide bonds. The van der Waals surface area contributed by atoms with Crippen LogP contribution in [-0.4, -0.2) is 28.0 Å². The molecule has 3 heteroatoms. The zero-order valence-electron chi connectivity index (χ0n) is 12.8. The fraction of sp³-hybridized carbons (Fsp3) is 0.368. The van der Waals surface area contributed by atoms with Crippen LogP contribution in [0.5, 0.6) is 0 Å². The predicted molar refractivity (Wildman–Crippen MR) is 88.3 cm³/mol. The van der Waals surface area contributed by atoms with Gasteiger partial charge in [-0.05, 0) is 41.9 Å². The van der Waals surface area contributed by atoms with Crippen molar-refractivity contribution in [3.8, 4) is 0 Å². The summed E-state index contributed by atoms with van der Waals surface area (Å²) in [7, 11) is 0. The van der Waals surface area contributed by atoms with Crippen LogP contribution >= 0.6 is 0 Å². The summed E-state index contributed by atoms with van der Waals surface area (Å²) in [4.78, 5) is 11.6. The van der Waals surface area contributed by atoms with Crippen LogP contribution in [0.1, 0.15) is 42.1 Å². The Balaban J connectivity index is 1.40. The first-order valence-corrected chi connectivity index (χ1v) is 8.16. The first kappa shape index (κ1) is 13.6. The maximum absolute atomic E-state index is 4.57. The van der Waals surface area contributed by atoms with Crippen molar-refractivity contribution >= 4 is 5.57 Å². The van der Waals surface area contributed by atoms with E-state index in [1.54, 1.807) is 0 Å². The molecule has 1 aromatic carbocycles. The Morgan fingerprint density at radius 1 is 1.05 bits per heavy atom. The van der Waals surface area contributed by atoms with E-state index in [2.05, 4.69) is 51.3 Å². The van der Waals surface area contributed by atoms with Gasteiger partial charge in [0.05, 0.1) is 0 Å². The van der Waals surface area contributed by atoms with E-state index < -0.39 is 0 Å². The van der Waals surface area contributed by atoms with Crippen molar-refractivity contribution in [1.82, 2.24) is 14.9 Å². The van der Waals surface area contributed by atoms with Crippen LogP contribution in [-0.2, 0) is 6.54 Å². The van der Waals surface area contributed by atoms with Gasteiger partial charge in [-0.1, -0.05) is 36.4 Å². The van der Waals surface area contributed by atoms with Crippen molar-refractivity contribution in [2.75, 3.05) is 13.1 Å². The summed E-state index contributed by atoms with van der Waals surface area (Å²) >= 11 is 0. The molecule has 1 aliphatic carbocycles. The first-order chi connectivity index (χ1) is 10.9. The Kier molecular flexibility index (Phi) is 3.73. The van der Waals surface area contributed by atoms with E-state index in [0.717, 1.165) is 37.8 Å². The highest BCUT2D eigenvalue weighted by molar-refractivity contribution is 5.60. The topological polar surface area (TPSA) is 29.0 Å².